The molecule has 104 valence electrons. The molecular formula is C14H26N2O2. The van der Waals surface area contributed by atoms with Crippen LogP contribution in [0.1, 0.15) is 38.5 Å². The molecule has 4 heteroatoms. The molecule has 0 aromatic carbocycles. The maximum atomic E-state index is 11.6. The zero-order chi connectivity index (χ0) is 13.0. The quantitative estimate of drug-likeness (QED) is 0.810. The first-order valence-electron chi connectivity index (χ1n) is 7.27. The highest BCUT2D eigenvalue weighted by Gasteiger charge is 2.40. The van der Waals surface area contributed by atoms with Crippen LogP contribution in [-0.2, 0) is 4.79 Å². The summed E-state index contributed by atoms with van der Waals surface area (Å²) in [5.74, 6) is -0.572. The zero-order valence-electron chi connectivity index (χ0n) is 11.5. The summed E-state index contributed by atoms with van der Waals surface area (Å²) in [6, 6.07) is 0. The minimum absolute atomic E-state index is 0.438. The molecular weight excluding hydrogens is 228 g/mol. The van der Waals surface area contributed by atoms with Gasteiger partial charge in [0.25, 0.3) is 0 Å². The van der Waals surface area contributed by atoms with Crippen LogP contribution in [0.25, 0.3) is 0 Å². The second kappa shape index (κ2) is 6.02. The monoisotopic (exact) mass is 254 g/mol. The van der Waals surface area contributed by atoms with E-state index in [1.165, 1.54) is 25.9 Å². The van der Waals surface area contributed by atoms with Crippen molar-refractivity contribution in [2.24, 2.45) is 5.41 Å². The fraction of sp³-hybridized carbons (Fsp3) is 0.929. The average molecular weight is 254 g/mol. The van der Waals surface area contributed by atoms with Gasteiger partial charge in [0.15, 0.2) is 0 Å². The van der Waals surface area contributed by atoms with Gasteiger partial charge in [0.2, 0.25) is 0 Å². The van der Waals surface area contributed by atoms with Crippen molar-refractivity contribution in [1.82, 2.24) is 9.80 Å². The number of carbonyl (C=O) groups is 1. The van der Waals surface area contributed by atoms with E-state index in [1.54, 1.807) is 0 Å². The molecule has 2 saturated heterocycles. The molecule has 4 nitrogen and oxygen atoms in total. The zero-order valence-corrected chi connectivity index (χ0v) is 11.5. The van der Waals surface area contributed by atoms with Crippen molar-refractivity contribution in [3.63, 3.8) is 0 Å². The number of nitrogens with zero attached hydrogens (tertiary/aromatic N) is 2. The summed E-state index contributed by atoms with van der Waals surface area (Å²) in [5, 5.41) is 9.53. The molecule has 0 amide bonds. The van der Waals surface area contributed by atoms with Crippen molar-refractivity contribution in [2.45, 2.75) is 38.5 Å². The van der Waals surface area contributed by atoms with Crippen LogP contribution in [0.3, 0.4) is 0 Å². The Bertz CT molecular complexity index is 280. The van der Waals surface area contributed by atoms with Gasteiger partial charge in [-0.15, -0.1) is 0 Å². The molecule has 2 heterocycles. The van der Waals surface area contributed by atoms with Gasteiger partial charge in [0, 0.05) is 0 Å². The maximum absolute atomic E-state index is 11.6. The molecule has 1 N–H and O–H groups in total. The van der Waals surface area contributed by atoms with Crippen LogP contribution in [0.5, 0.6) is 0 Å². The Morgan fingerprint density at radius 1 is 1.17 bits per heavy atom. The van der Waals surface area contributed by atoms with Crippen molar-refractivity contribution in [3.05, 3.63) is 0 Å². The number of piperidine rings is 1. The van der Waals surface area contributed by atoms with Gasteiger partial charge in [-0.3, -0.25) is 4.79 Å². The van der Waals surface area contributed by atoms with E-state index in [0.717, 1.165) is 45.3 Å². The highest BCUT2D eigenvalue weighted by Crippen LogP contribution is 2.36. The van der Waals surface area contributed by atoms with Gasteiger partial charge in [0.1, 0.15) is 0 Å². The molecule has 0 aromatic heterocycles. The first-order chi connectivity index (χ1) is 8.62. The first kappa shape index (κ1) is 13.8. The van der Waals surface area contributed by atoms with E-state index in [4.69, 9.17) is 0 Å². The Balaban J connectivity index is 1.80. The van der Waals surface area contributed by atoms with Crippen LogP contribution in [0.4, 0.5) is 0 Å². The number of carboxylic acid groups (broad SMARTS) is 1. The second-order valence-electron chi connectivity index (χ2n) is 6.04. The molecule has 0 saturated carbocycles. The Hall–Kier alpha value is -0.610. The van der Waals surface area contributed by atoms with Gasteiger partial charge in [-0.2, -0.15) is 0 Å². The fourth-order valence-corrected chi connectivity index (χ4v) is 3.26. The first-order valence-corrected chi connectivity index (χ1v) is 7.27. The minimum atomic E-state index is -0.572. The Kier molecular flexibility index (Phi) is 4.62. The van der Waals surface area contributed by atoms with E-state index < -0.39 is 11.4 Å². The van der Waals surface area contributed by atoms with Crippen molar-refractivity contribution in [2.75, 3.05) is 39.8 Å². The number of hydrogen-bond donors (Lipinski definition) is 1. The average Bonchev–Trinajstić information content (AvgIpc) is 2.85. The molecule has 0 bridgehead atoms. The van der Waals surface area contributed by atoms with Crippen LogP contribution >= 0.6 is 0 Å². The van der Waals surface area contributed by atoms with Gasteiger partial charge in [-0.05, 0) is 78.3 Å². The van der Waals surface area contributed by atoms with Gasteiger partial charge in [0.05, 0.1) is 5.41 Å². The molecule has 2 aliphatic heterocycles. The molecule has 0 atom stereocenters. The van der Waals surface area contributed by atoms with Crippen molar-refractivity contribution in [1.29, 1.82) is 0 Å². The van der Waals surface area contributed by atoms with E-state index in [2.05, 4.69) is 16.8 Å². The lowest BCUT2D eigenvalue weighted by Gasteiger charge is -2.37. The third-order valence-corrected chi connectivity index (χ3v) is 4.73. The maximum Gasteiger partial charge on any atom is 0.309 e. The van der Waals surface area contributed by atoms with Crippen LogP contribution in [0, 0.1) is 5.41 Å². The van der Waals surface area contributed by atoms with Crippen molar-refractivity contribution >= 4 is 5.97 Å². The molecule has 0 spiro atoms. The molecule has 0 radical (unpaired) electrons. The molecule has 0 aromatic rings. The summed E-state index contributed by atoms with van der Waals surface area (Å²) in [7, 11) is 2.08. The number of carboxylic acids is 1. The third-order valence-electron chi connectivity index (χ3n) is 4.73. The molecule has 0 aliphatic carbocycles. The summed E-state index contributed by atoms with van der Waals surface area (Å²) >= 11 is 0. The van der Waals surface area contributed by atoms with E-state index in [9.17, 15) is 9.90 Å². The largest absolute Gasteiger partial charge is 0.481 e. The van der Waals surface area contributed by atoms with Crippen LogP contribution in [0.15, 0.2) is 0 Å². The standard InChI is InChI=1S/C14H26N2O2/c1-15-11-6-14(7-12-15,13(17)18)5-4-10-16-8-2-3-9-16/h2-12H2,1H3,(H,17,18). The summed E-state index contributed by atoms with van der Waals surface area (Å²) < 4.78 is 0. The molecule has 0 unspecified atom stereocenters. The highest BCUT2D eigenvalue weighted by atomic mass is 16.4. The topological polar surface area (TPSA) is 43.8 Å². The van der Waals surface area contributed by atoms with E-state index in [1.807, 2.05) is 0 Å². The number of rotatable bonds is 5. The number of aliphatic carboxylic acids is 1. The molecule has 2 fully saturated rings. The molecule has 2 aliphatic rings. The minimum Gasteiger partial charge on any atom is -0.481 e. The van der Waals surface area contributed by atoms with E-state index in [-0.39, 0.29) is 0 Å². The van der Waals surface area contributed by atoms with Gasteiger partial charge in [-0.25, -0.2) is 0 Å². The summed E-state index contributed by atoms with van der Waals surface area (Å²) in [6.45, 7) is 5.36. The number of likely N-dealkylation sites (tertiary alicyclic amines) is 2. The summed E-state index contributed by atoms with van der Waals surface area (Å²) in [5.41, 5.74) is -0.438. The Morgan fingerprint density at radius 2 is 1.78 bits per heavy atom. The third kappa shape index (κ3) is 3.23. The highest BCUT2D eigenvalue weighted by molar-refractivity contribution is 5.74. The van der Waals surface area contributed by atoms with Crippen LogP contribution in [0.2, 0.25) is 0 Å². The fourth-order valence-electron chi connectivity index (χ4n) is 3.26. The normalized spacial score (nSPS) is 25.4. The van der Waals surface area contributed by atoms with E-state index >= 15 is 0 Å². The number of hydrogen-bond acceptors (Lipinski definition) is 3. The van der Waals surface area contributed by atoms with Crippen molar-refractivity contribution < 1.29 is 9.90 Å². The van der Waals surface area contributed by atoms with Gasteiger partial charge >= 0.3 is 5.97 Å². The van der Waals surface area contributed by atoms with Crippen LogP contribution in [-0.4, -0.2) is 60.6 Å². The van der Waals surface area contributed by atoms with E-state index in [0.29, 0.717) is 0 Å². The lowest BCUT2D eigenvalue weighted by Crippen LogP contribution is -2.43. The summed E-state index contributed by atoms with van der Waals surface area (Å²) in [6.07, 6.45) is 6.16. The smallest absolute Gasteiger partial charge is 0.309 e. The molecule has 2 rings (SSSR count). The van der Waals surface area contributed by atoms with Gasteiger partial charge < -0.3 is 14.9 Å². The Labute approximate surface area is 110 Å². The molecule has 18 heavy (non-hydrogen) atoms. The lowest BCUT2D eigenvalue weighted by atomic mass is 9.75. The lowest BCUT2D eigenvalue weighted by molar-refractivity contribution is -0.152. The predicted molar refractivity (Wildman–Crippen MR) is 71.7 cm³/mol. The Morgan fingerprint density at radius 3 is 2.33 bits per heavy atom. The van der Waals surface area contributed by atoms with Crippen molar-refractivity contribution in [3.8, 4) is 0 Å². The van der Waals surface area contributed by atoms with Gasteiger partial charge in [-0.1, -0.05) is 0 Å². The van der Waals surface area contributed by atoms with Crippen LogP contribution < -0.4 is 0 Å². The SMILES string of the molecule is CN1CCC(CCCN2CCCC2)(C(=O)O)CC1. The second-order valence-corrected chi connectivity index (χ2v) is 6.04. The summed E-state index contributed by atoms with van der Waals surface area (Å²) in [4.78, 5) is 16.3. The predicted octanol–water partition coefficient (Wildman–Crippen LogP) is 1.66.